The Balaban J connectivity index is 2.31. The van der Waals surface area contributed by atoms with Crippen molar-refractivity contribution in [1.82, 2.24) is 0 Å². The number of ether oxygens (including phenoxy) is 1. The predicted octanol–water partition coefficient (Wildman–Crippen LogP) is 3.05. The van der Waals surface area contributed by atoms with Crippen molar-refractivity contribution in [1.29, 1.82) is 0 Å². The first-order valence-corrected chi connectivity index (χ1v) is 6.52. The molecule has 0 aromatic heterocycles. The van der Waals surface area contributed by atoms with E-state index in [4.69, 9.17) is 4.74 Å². The highest BCUT2D eigenvalue weighted by atomic mass is 32.2. The Kier molecular flexibility index (Phi) is 3.17. The van der Waals surface area contributed by atoms with Gasteiger partial charge in [0.2, 0.25) is 0 Å². The molecule has 1 aliphatic heterocycles. The van der Waals surface area contributed by atoms with Crippen LogP contribution in [0.2, 0.25) is 0 Å². The third-order valence-corrected chi connectivity index (χ3v) is 4.08. The van der Waals surface area contributed by atoms with E-state index in [0.717, 1.165) is 17.9 Å². The Hall–Kier alpha value is -0.670. The van der Waals surface area contributed by atoms with Crippen LogP contribution in [0.5, 0.6) is 5.75 Å². The maximum atomic E-state index is 9.92. The van der Waals surface area contributed by atoms with Crippen LogP contribution in [0.25, 0.3) is 0 Å². The van der Waals surface area contributed by atoms with Gasteiger partial charge in [-0.15, -0.1) is 11.8 Å². The van der Waals surface area contributed by atoms with Crippen LogP contribution in [0.15, 0.2) is 23.1 Å². The first kappa shape index (κ1) is 11.8. The highest BCUT2D eigenvalue weighted by Gasteiger charge is 2.30. The maximum Gasteiger partial charge on any atom is 0.123 e. The molecule has 0 amide bonds. The fourth-order valence-electron chi connectivity index (χ4n) is 2.27. The van der Waals surface area contributed by atoms with E-state index in [2.05, 4.69) is 6.07 Å². The highest BCUT2D eigenvalue weighted by Crippen LogP contribution is 2.47. The molecule has 88 valence electrons. The van der Waals surface area contributed by atoms with Crippen molar-refractivity contribution in [3.05, 3.63) is 23.8 Å². The molecule has 2 rings (SSSR count). The molecule has 0 radical (unpaired) electrons. The topological polar surface area (TPSA) is 29.5 Å². The molecule has 1 aliphatic rings. The SMILES string of the molecule is COc1cccc2c1C(CC(C)(C)O)CS2. The number of benzene rings is 1. The fraction of sp³-hybridized carbons (Fsp3) is 0.538. The van der Waals surface area contributed by atoms with Gasteiger partial charge in [-0.25, -0.2) is 0 Å². The van der Waals surface area contributed by atoms with E-state index in [9.17, 15) is 5.11 Å². The van der Waals surface area contributed by atoms with Crippen molar-refractivity contribution < 1.29 is 9.84 Å². The molecular weight excluding hydrogens is 220 g/mol. The predicted molar refractivity (Wildman–Crippen MR) is 67.4 cm³/mol. The number of hydrogen-bond acceptors (Lipinski definition) is 3. The average Bonchev–Trinajstić information content (AvgIpc) is 2.59. The second-order valence-corrected chi connectivity index (χ2v) is 5.96. The molecule has 2 nitrogen and oxygen atoms in total. The van der Waals surface area contributed by atoms with Crippen molar-refractivity contribution in [2.24, 2.45) is 0 Å². The van der Waals surface area contributed by atoms with Crippen LogP contribution >= 0.6 is 11.8 Å². The summed E-state index contributed by atoms with van der Waals surface area (Å²) in [6.07, 6.45) is 0.785. The van der Waals surface area contributed by atoms with Crippen molar-refractivity contribution in [2.45, 2.75) is 36.7 Å². The second kappa shape index (κ2) is 4.30. The van der Waals surface area contributed by atoms with Gasteiger partial charge in [-0.1, -0.05) is 6.07 Å². The quantitative estimate of drug-likeness (QED) is 0.877. The summed E-state index contributed by atoms with van der Waals surface area (Å²) in [5.41, 5.74) is 0.658. The van der Waals surface area contributed by atoms with E-state index in [-0.39, 0.29) is 0 Å². The molecule has 16 heavy (non-hydrogen) atoms. The Bertz CT molecular complexity index is 382. The summed E-state index contributed by atoms with van der Waals surface area (Å²) in [5.74, 6) is 2.40. The minimum absolute atomic E-state index is 0.399. The van der Waals surface area contributed by atoms with Gasteiger partial charge < -0.3 is 9.84 Å². The third-order valence-electron chi connectivity index (χ3n) is 2.84. The van der Waals surface area contributed by atoms with Gasteiger partial charge in [0.25, 0.3) is 0 Å². The third kappa shape index (κ3) is 2.36. The molecule has 0 saturated carbocycles. The number of fused-ring (bicyclic) bond motifs is 1. The molecule has 1 aromatic carbocycles. The molecule has 0 fully saturated rings. The first-order valence-electron chi connectivity index (χ1n) is 5.53. The van der Waals surface area contributed by atoms with Crippen LogP contribution in [-0.4, -0.2) is 23.6 Å². The molecule has 1 atom stereocenters. The summed E-state index contributed by atoms with van der Waals surface area (Å²) < 4.78 is 5.41. The van der Waals surface area contributed by atoms with Crippen LogP contribution in [-0.2, 0) is 0 Å². The smallest absolute Gasteiger partial charge is 0.123 e. The lowest BCUT2D eigenvalue weighted by molar-refractivity contribution is 0.0650. The largest absolute Gasteiger partial charge is 0.496 e. The van der Waals surface area contributed by atoms with E-state index in [1.165, 1.54) is 10.5 Å². The molecule has 0 aliphatic carbocycles. The molecular formula is C13H18O2S. The van der Waals surface area contributed by atoms with Gasteiger partial charge in [0.1, 0.15) is 5.75 Å². The van der Waals surface area contributed by atoms with E-state index >= 15 is 0 Å². The van der Waals surface area contributed by atoms with Crippen LogP contribution < -0.4 is 4.74 Å². The molecule has 1 N–H and O–H groups in total. The zero-order valence-electron chi connectivity index (χ0n) is 9.99. The van der Waals surface area contributed by atoms with Gasteiger partial charge in [0, 0.05) is 22.1 Å². The van der Waals surface area contributed by atoms with Crippen molar-refractivity contribution >= 4 is 11.8 Å². The Labute approximate surface area is 101 Å². The van der Waals surface area contributed by atoms with Gasteiger partial charge >= 0.3 is 0 Å². The molecule has 1 unspecified atom stereocenters. The Morgan fingerprint density at radius 3 is 2.88 bits per heavy atom. The van der Waals surface area contributed by atoms with Crippen molar-refractivity contribution in [3.63, 3.8) is 0 Å². The number of rotatable bonds is 3. The summed E-state index contributed by atoms with van der Waals surface area (Å²) in [7, 11) is 1.71. The van der Waals surface area contributed by atoms with Crippen LogP contribution in [0, 0.1) is 0 Å². The molecule has 0 bridgehead atoms. The van der Waals surface area contributed by atoms with Crippen LogP contribution in [0.4, 0.5) is 0 Å². The number of hydrogen-bond donors (Lipinski definition) is 1. The monoisotopic (exact) mass is 238 g/mol. The second-order valence-electron chi connectivity index (χ2n) is 4.90. The van der Waals surface area contributed by atoms with E-state index in [1.807, 2.05) is 37.7 Å². The van der Waals surface area contributed by atoms with Gasteiger partial charge in [0.05, 0.1) is 12.7 Å². The van der Waals surface area contributed by atoms with E-state index in [1.54, 1.807) is 7.11 Å². The minimum Gasteiger partial charge on any atom is -0.496 e. The number of methoxy groups -OCH3 is 1. The standard InChI is InChI=1S/C13H18O2S/c1-13(2,14)7-9-8-16-11-6-4-5-10(15-3)12(9)11/h4-6,9,14H,7-8H2,1-3H3. The summed E-state index contributed by atoms with van der Waals surface area (Å²) in [6.45, 7) is 3.73. The summed E-state index contributed by atoms with van der Waals surface area (Å²) in [4.78, 5) is 1.30. The lowest BCUT2D eigenvalue weighted by Gasteiger charge is -2.22. The van der Waals surface area contributed by atoms with Gasteiger partial charge in [0.15, 0.2) is 0 Å². The molecule has 0 spiro atoms. The fourth-order valence-corrected chi connectivity index (χ4v) is 3.53. The maximum absolute atomic E-state index is 9.92. The van der Waals surface area contributed by atoms with E-state index < -0.39 is 5.60 Å². The number of thioether (sulfide) groups is 1. The van der Waals surface area contributed by atoms with Crippen molar-refractivity contribution in [2.75, 3.05) is 12.9 Å². The first-order chi connectivity index (χ1) is 7.51. The Morgan fingerprint density at radius 1 is 1.50 bits per heavy atom. The van der Waals surface area contributed by atoms with Gasteiger partial charge in [-0.3, -0.25) is 0 Å². The summed E-state index contributed by atoms with van der Waals surface area (Å²) in [5, 5.41) is 9.92. The lowest BCUT2D eigenvalue weighted by Crippen LogP contribution is -2.22. The average molecular weight is 238 g/mol. The zero-order valence-corrected chi connectivity index (χ0v) is 10.8. The molecule has 1 aromatic rings. The normalized spacial score (nSPS) is 19.6. The summed E-state index contributed by atoms with van der Waals surface area (Å²) in [6, 6.07) is 6.16. The lowest BCUT2D eigenvalue weighted by atomic mass is 9.89. The summed E-state index contributed by atoms with van der Waals surface area (Å²) >= 11 is 1.86. The molecule has 3 heteroatoms. The van der Waals surface area contributed by atoms with Crippen LogP contribution in [0.3, 0.4) is 0 Å². The Morgan fingerprint density at radius 2 is 2.25 bits per heavy atom. The number of aliphatic hydroxyl groups is 1. The molecule has 1 heterocycles. The zero-order chi connectivity index (χ0) is 11.8. The van der Waals surface area contributed by atoms with Crippen molar-refractivity contribution in [3.8, 4) is 5.75 Å². The van der Waals surface area contributed by atoms with Gasteiger partial charge in [-0.05, 0) is 32.4 Å². The van der Waals surface area contributed by atoms with E-state index in [0.29, 0.717) is 5.92 Å². The van der Waals surface area contributed by atoms with Crippen LogP contribution in [0.1, 0.15) is 31.7 Å². The van der Waals surface area contributed by atoms with Gasteiger partial charge in [-0.2, -0.15) is 0 Å². The highest BCUT2D eigenvalue weighted by molar-refractivity contribution is 7.99. The minimum atomic E-state index is -0.617. The molecule has 0 saturated heterocycles.